The zero-order chi connectivity index (χ0) is 12.3. The van der Waals surface area contributed by atoms with E-state index in [1.807, 2.05) is 20.8 Å². The third kappa shape index (κ3) is 1.93. The Hall–Kier alpha value is -1.06. The summed E-state index contributed by atoms with van der Waals surface area (Å²) in [4.78, 5) is 25.2. The van der Waals surface area contributed by atoms with Gasteiger partial charge in [0, 0.05) is 12.6 Å². The third-order valence-corrected chi connectivity index (χ3v) is 3.75. The van der Waals surface area contributed by atoms with Crippen molar-refractivity contribution < 1.29 is 14.7 Å². The molecule has 1 aliphatic rings. The van der Waals surface area contributed by atoms with Crippen LogP contribution in [0.2, 0.25) is 0 Å². The van der Waals surface area contributed by atoms with Crippen LogP contribution in [-0.2, 0) is 9.59 Å². The molecule has 1 unspecified atom stereocenters. The summed E-state index contributed by atoms with van der Waals surface area (Å²) in [5.74, 6) is -1.14. The molecule has 0 aliphatic heterocycles. The van der Waals surface area contributed by atoms with Crippen molar-refractivity contribution in [3.8, 4) is 0 Å². The van der Waals surface area contributed by atoms with Gasteiger partial charge in [-0.05, 0) is 33.1 Å². The summed E-state index contributed by atoms with van der Waals surface area (Å²) in [7, 11) is 0. The topological polar surface area (TPSA) is 57.6 Å². The molecule has 4 heteroatoms. The number of carboxylic acids is 1. The minimum Gasteiger partial charge on any atom is -0.480 e. The van der Waals surface area contributed by atoms with Crippen molar-refractivity contribution in [1.29, 1.82) is 0 Å². The molecule has 1 aliphatic carbocycles. The van der Waals surface area contributed by atoms with Gasteiger partial charge in [0.05, 0.1) is 0 Å². The van der Waals surface area contributed by atoms with E-state index in [9.17, 15) is 14.7 Å². The number of carbonyl (C=O) groups is 2. The highest BCUT2D eigenvalue weighted by Crippen LogP contribution is 2.43. The predicted molar refractivity (Wildman–Crippen MR) is 61.1 cm³/mol. The Morgan fingerprint density at radius 2 is 1.94 bits per heavy atom. The predicted octanol–water partition coefficient (Wildman–Crippen LogP) is 1.89. The summed E-state index contributed by atoms with van der Waals surface area (Å²) in [6, 6.07) is 0.120. The van der Waals surface area contributed by atoms with Crippen molar-refractivity contribution >= 4 is 11.9 Å². The van der Waals surface area contributed by atoms with Crippen LogP contribution in [0.3, 0.4) is 0 Å². The van der Waals surface area contributed by atoms with Crippen LogP contribution in [-0.4, -0.2) is 34.5 Å². The van der Waals surface area contributed by atoms with E-state index < -0.39 is 11.4 Å². The molecule has 1 N–H and O–H groups in total. The molecule has 0 saturated heterocycles. The lowest BCUT2D eigenvalue weighted by molar-refractivity contribution is -0.168. The number of carbonyl (C=O) groups excluding carboxylic acids is 1. The number of nitrogens with zero attached hydrogens (tertiary/aromatic N) is 1. The number of hydrogen-bond donors (Lipinski definition) is 1. The van der Waals surface area contributed by atoms with Gasteiger partial charge in [-0.3, -0.25) is 9.59 Å². The fourth-order valence-electron chi connectivity index (χ4n) is 2.20. The lowest BCUT2D eigenvalue weighted by Gasteiger charge is -2.41. The van der Waals surface area contributed by atoms with E-state index in [1.54, 1.807) is 4.90 Å². The lowest BCUT2D eigenvalue weighted by Crippen LogP contribution is -2.54. The van der Waals surface area contributed by atoms with Crippen LogP contribution >= 0.6 is 0 Å². The Morgan fingerprint density at radius 3 is 2.19 bits per heavy atom. The summed E-state index contributed by atoms with van der Waals surface area (Å²) in [5, 5.41) is 9.21. The fourth-order valence-corrected chi connectivity index (χ4v) is 2.20. The number of carboxylic acid groups (broad SMARTS) is 1. The maximum Gasteiger partial charge on any atom is 0.319 e. The molecule has 0 spiro atoms. The van der Waals surface area contributed by atoms with Gasteiger partial charge in [0.1, 0.15) is 5.41 Å². The molecule has 0 aromatic heterocycles. The molecular formula is C12H21NO3. The van der Waals surface area contributed by atoms with Crippen molar-refractivity contribution in [3.05, 3.63) is 0 Å². The lowest BCUT2D eigenvalue weighted by atomic mass is 9.67. The molecule has 1 amide bonds. The highest BCUT2D eigenvalue weighted by Gasteiger charge is 2.53. The van der Waals surface area contributed by atoms with Gasteiger partial charge in [-0.15, -0.1) is 0 Å². The number of aliphatic carboxylic acids is 1. The Bertz CT molecular complexity index is 284. The van der Waals surface area contributed by atoms with E-state index in [0.29, 0.717) is 19.4 Å². The first-order valence-corrected chi connectivity index (χ1v) is 6.04. The van der Waals surface area contributed by atoms with E-state index >= 15 is 0 Å². The first-order valence-electron chi connectivity index (χ1n) is 6.04. The third-order valence-electron chi connectivity index (χ3n) is 3.75. The first-order chi connectivity index (χ1) is 7.49. The highest BCUT2D eigenvalue weighted by molar-refractivity contribution is 6.02. The van der Waals surface area contributed by atoms with Crippen LogP contribution in [0, 0.1) is 5.41 Å². The van der Waals surface area contributed by atoms with Crippen LogP contribution in [0.4, 0.5) is 0 Å². The van der Waals surface area contributed by atoms with Crippen LogP contribution in [0.25, 0.3) is 0 Å². The molecule has 0 bridgehead atoms. The number of rotatable bonds is 5. The molecule has 4 nitrogen and oxygen atoms in total. The second-order valence-corrected chi connectivity index (χ2v) is 4.59. The second-order valence-electron chi connectivity index (χ2n) is 4.59. The average molecular weight is 227 g/mol. The first kappa shape index (κ1) is 13.0. The summed E-state index contributed by atoms with van der Waals surface area (Å²) < 4.78 is 0. The summed E-state index contributed by atoms with van der Waals surface area (Å²) in [6.07, 6.45) is 2.69. The Labute approximate surface area is 96.6 Å². The Balaban J connectivity index is 2.85. The normalized spacial score (nSPS) is 19.7. The Kier molecular flexibility index (Phi) is 3.94. The summed E-state index contributed by atoms with van der Waals surface area (Å²) in [6.45, 7) is 6.46. The van der Waals surface area contributed by atoms with Gasteiger partial charge in [-0.25, -0.2) is 0 Å². The van der Waals surface area contributed by atoms with Gasteiger partial charge in [0.25, 0.3) is 0 Å². The zero-order valence-electron chi connectivity index (χ0n) is 10.3. The molecule has 0 aromatic carbocycles. The van der Waals surface area contributed by atoms with Crippen molar-refractivity contribution in [2.45, 2.75) is 52.5 Å². The summed E-state index contributed by atoms with van der Waals surface area (Å²) >= 11 is 0. The highest BCUT2D eigenvalue weighted by atomic mass is 16.4. The Morgan fingerprint density at radius 1 is 1.38 bits per heavy atom. The van der Waals surface area contributed by atoms with E-state index in [4.69, 9.17) is 0 Å². The van der Waals surface area contributed by atoms with Gasteiger partial charge in [0.2, 0.25) is 5.91 Å². The van der Waals surface area contributed by atoms with Crippen LogP contribution in [0.5, 0.6) is 0 Å². The molecule has 92 valence electrons. The maximum absolute atomic E-state index is 12.3. The van der Waals surface area contributed by atoms with Gasteiger partial charge in [-0.1, -0.05) is 13.3 Å². The van der Waals surface area contributed by atoms with Crippen LogP contribution in [0.15, 0.2) is 0 Å². The maximum atomic E-state index is 12.3. The second kappa shape index (κ2) is 4.85. The zero-order valence-corrected chi connectivity index (χ0v) is 10.3. The van der Waals surface area contributed by atoms with Crippen molar-refractivity contribution in [1.82, 2.24) is 4.90 Å². The van der Waals surface area contributed by atoms with Gasteiger partial charge >= 0.3 is 5.97 Å². The van der Waals surface area contributed by atoms with Crippen LogP contribution in [0.1, 0.15) is 46.5 Å². The van der Waals surface area contributed by atoms with E-state index in [-0.39, 0.29) is 11.9 Å². The van der Waals surface area contributed by atoms with Crippen molar-refractivity contribution in [2.75, 3.05) is 6.54 Å². The van der Waals surface area contributed by atoms with E-state index in [1.165, 1.54) is 0 Å². The quantitative estimate of drug-likeness (QED) is 0.730. The smallest absolute Gasteiger partial charge is 0.319 e. The van der Waals surface area contributed by atoms with Crippen LogP contribution < -0.4 is 0 Å². The SMILES string of the molecule is CCC(C)N(CC)C(=O)C1(C(=O)O)CCC1. The van der Waals surface area contributed by atoms with E-state index in [0.717, 1.165) is 12.8 Å². The molecule has 1 saturated carbocycles. The molecule has 1 atom stereocenters. The van der Waals surface area contributed by atoms with Gasteiger partial charge < -0.3 is 10.0 Å². The minimum absolute atomic E-state index is 0.120. The molecular weight excluding hydrogens is 206 g/mol. The van der Waals surface area contributed by atoms with E-state index in [2.05, 4.69) is 0 Å². The molecule has 0 heterocycles. The number of amides is 1. The largest absolute Gasteiger partial charge is 0.480 e. The minimum atomic E-state index is -1.11. The average Bonchev–Trinajstić information content (AvgIpc) is 2.16. The molecule has 1 rings (SSSR count). The standard InChI is InChI=1S/C12H21NO3/c1-4-9(3)13(5-2)10(14)12(11(15)16)7-6-8-12/h9H,4-8H2,1-3H3,(H,15,16). The molecule has 16 heavy (non-hydrogen) atoms. The van der Waals surface area contributed by atoms with Gasteiger partial charge in [-0.2, -0.15) is 0 Å². The summed E-state index contributed by atoms with van der Waals surface area (Å²) in [5.41, 5.74) is -1.11. The monoisotopic (exact) mass is 227 g/mol. The molecule has 0 aromatic rings. The molecule has 0 radical (unpaired) electrons. The number of hydrogen-bond acceptors (Lipinski definition) is 2. The van der Waals surface area contributed by atoms with Gasteiger partial charge in [0.15, 0.2) is 0 Å². The van der Waals surface area contributed by atoms with Crippen molar-refractivity contribution in [2.24, 2.45) is 5.41 Å². The fraction of sp³-hybridized carbons (Fsp3) is 0.833. The molecule has 1 fully saturated rings. The van der Waals surface area contributed by atoms with Crippen molar-refractivity contribution in [3.63, 3.8) is 0 Å².